The maximum atomic E-state index is 12.2. The zero-order valence-electron chi connectivity index (χ0n) is 13.0. The minimum absolute atomic E-state index is 0.104. The van der Waals surface area contributed by atoms with Gasteiger partial charge in [0.25, 0.3) is 5.91 Å². The molecule has 122 valence electrons. The van der Waals surface area contributed by atoms with E-state index in [1.165, 1.54) is 6.07 Å². The molecular formula is C17H20N2O2S2. The summed E-state index contributed by atoms with van der Waals surface area (Å²) in [5.41, 5.74) is 1.60. The Kier molecular flexibility index (Phi) is 5.23. The minimum atomic E-state index is -0.104. The lowest BCUT2D eigenvalue weighted by Crippen LogP contribution is -2.38. The van der Waals surface area contributed by atoms with Gasteiger partial charge >= 0.3 is 0 Å². The number of aromatic hydroxyl groups is 1. The fraction of sp³-hybridized carbons (Fsp3) is 0.412. The van der Waals surface area contributed by atoms with Crippen LogP contribution >= 0.6 is 23.1 Å². The van der Waals surface area contributed by atoms with Crippen LogP contribution in [0.2, 0.25) is 0 Å². The van der Waals surface area contributed by atoms with Crippen molar-refractivity contribution in [2.24, 2.45) is 0 Å². The standard InChI is InChI=1S/C17H20N2O2S2/c1-11-10-22-17(18-11)23-15-7-5-13(6-8-15)19-16(21)12-3-2-4-14(20)9-12/h2-4,9-10,13,15,20H,5-8H2,1H3,(H,19,21). The van der Waals surface area contributed by atoms with E-state index in [9.17, 15) is 9.90 Å². The zero-order valence-corrected chi connectivity index (χ0v) is 14.6. The van der Waals surface area contributed by atoms with E-state index < -0.39 is 0 Å². The highest BCUT2D eigenvalue weighted by molar-refractivity contribution is 8.01. The number of thioether (sulfide) groups is 1. The summed E-state index contributed by atoms with van der Waals surface area (Å²) in [5, 5.41) is 15.2. The van der Waals surface area contributed by atoms with E-state index >= 15 is 0 Å². The van der Waals surface area contributed by atoms with Crippen LogP contribution in [0.1, 0.15) is 41.7 Å². The Labute approximate surface area is 144 Å². The topological polar surface area (TPSA) is 62.2 Å². The van der Waals surface area contributed by atoms with E-state index in [0.29, 0.717) is 10.8 Å². The van der Waals surface area contributed by atoms with Crippen LogP contribution in [-0.4, -0.2) is 27.3 Å². The Balaban J connectivity index is 1.48. The normalized spacial score (nSPS) is 21.1. The van der Waals surface area contributed by atoms with Gasteiger partial charge in [0.1, 0.15) is 10.1 Å². The van der Waals surface area contributed by atoms with Gasteiger partial charge in [0.15, 0.2) is 0 Å². The molecule has 0 saturated heterocycles. The number of aryl methyl sites for hydroxylation is 1. The van der Waals surface area contributed by atoms with Gasteiger partial charge in [0.05, 0.1) is 0 Å². The smallest absolute Gasteiger partial charge is 0.251 e. The van der Waals surface area contributed by atoms with E-state index in [1.807, 2.05) is 18.7 Å². The second-order valence-corrected chi connectivity index (χ2v) is 8.28. The summed E-state index contributed by atoms with van der Waals surface area (Å²) < 4.78 is 1.15. The van der Waals surface area contributed by atoms with Crippen molar-refractivity contribution in [1.82, 2.24) is 10.3 Å². The van der Waals surface area contributed by atoms with Gasteiger partial charge in [-0.15, -0.1) is 11.3 Å². The maximum absolute atomic E-state index is 12.2. The van der Waals surface area contributed by atoms with Gasteiger partial charge in [-0.1, -0.05) is 17.8 Å². The predicted octanol–water partition coefficient (Wildman–Crippen LogP) is 3.99. The number of hydrogen-bond donors (Lipinski definition) is 2. The van der Waals surface area contributed by atoms with Crippen molar-refractivity contribution in [3.05, 3.63) is 40.9 Å². The first-order valence-electron chi connectivity index (χ1n) is 7.79. The van der Waals surface area contributed by atoms with E-state index in [4.69, 9.17) is 0 Å². The molecular weight excluding hydrogens is 328 g/mol. The number of carbonyl (C=O) groups is 1. The zero-order chi connectivity index (χ0) is 16.2. The third-order valence-electron chi connectivity index (χ3n) is 3.98. The number of amides is 1. The molecule has 4 nitrogen and oxygen atoms in total. The van der Waals surface area contributed by atoms with Crippen LogP contribution in [0.25, 0.3) is 0 Å². The molecule has 1 aromatic carbocycles. The Hall–Kier alpha value is -1.53. The van der Waals surface area contributed by atoms with Crippen molar-refractivity contribution in [3.8, 4) is 5.75 Å². The molecule has 1 fully saturated rings. The van der Waals surface area contributed by atoms with E-state index in [0.717, 1.165) is 35.7 Å². The van der Waals surface area contributed by atoms with Crippen LogP contribution in [0.15, 0.2) is 34.0 Å². The number of nitrogens with zero attached hydrogens (tertiary/aromatic N) is 1. The number of benzene rings is 1. The molecule has 0 radical (unpaired) electrons. The Morgan fingerprint density at radius 2 is 2.13 bits per heavy atom. The summed E-state index contributed by atoms with van der Waals surface area (Å²) in [7, 11) is 0. The first-order valence-corrected chi connectivity index (χ1v) is 9.55. The van der Waals surface area contributed by atoms with Crippen LogP contribution in [0.5, 0.6) is 5.75 Å². The summed E-state index contributed by atoms with van der Waals surface area (Å²) in [6, 6.07) is 6.70. The van der Waals surface area contributed by atoms with Gasteiger partial charge in [-0.25, -0.2) is 4.98 Å². The first kappa shape index (κ1) is 16.3. The van der Waals surface area contributed by atoms with Crippen molar-refractivity contribution in [1.29, 1.82) is 0 Å². The molecule has 6 heteroatoms. The van der Waals surface area contributed by atoms with E-state index in [1.54, 1.807) is 29.5 Å². The summed E-state index contributed by atoms with van der Waals surface area (Å²) in [4.78, 5) is 16.7. The lowest BCUT2D eigenvalue weighted by atomic mass is 9.94. The third kappa shape index (κ3) is 4.48. The van der Waals surface area contributed by atoms with Crippen LogP contribution in [-0.2, 0) is 0 Å². The molecule has 0 aliphatic heterocycles. The highest BCUT2D eigenvalue weighted by Crippen LogP contribution is 2.35. The predicted molar refractivity (Wildman–Crippen MR) is 94.3 cm³/mol. The number of nitrogens with one attached hydrogen (secondary N) is 1. The average Bonchev–Trinajstić information content (AvgIpc) is 2.94. The number of carbonyl (C=O) groups excluding carboxylic acids is 1. The number of phenols is 1. The van der Waals surface area contributed by atoms with Crippen LogP contribution in [0.3, 0.4) is 0 Å². The molecule has 2 aromatic rings. The van der Waals surface area contributed by atoms with Crippen molar-refractivity contribution in [2.45, 2.75) is 48.2 Å². The van der Waals surface area contributed by atoms with E-state index in [2.05, 4.69) is 15.7 Å². The van der Waals surface area contributed by atoms with E-state index in [-0.39, 0.29) is 17.7 Å². The molecule has 1 heterocycles. The first-order chi connectivity index (χ1) is 11.1. The highest BCUT2D eigenvalue weighted by Gasteiger charge is 2.24. The molecule has 1 amide bonds. The average molecular weight is 348 g/mol. The number of phenolic OH excluding ortho intramolecular Hbond substituents is 1. The minimum Gasteiger partial charge on any atom is -0.508 e. The Morgan fingerprint density at radius 3 is 2.78 bits per heavy atom. The van der Waals surface area contributed by atoms with Crippen molar-refractivity contribution in [3.63, 3.8) is 0 Å². The second kappa shape index (κ2) is 7.36. The van der Waals surface area contributed by atoms with Gasteiger partial charge in [-0.2, -0.15) is 0 Å². The fourth-order valence-electron chi connectivity index (χ4n) is 2.77. The molecule has 2 N–H and O–H groups in total. The molecule has 0 atom stereocenters. The molecule has 3 rings (SSSR count). The lowest BCUT2D eigenvalue weighted by Gasteiger charge is -2.28. The van der Waals surface area contributed by atoms with Crippen molar-refractivity contribution < 1.29 is 9.90 Å². The van der Waals surface area contributed by atoms with Gasteiger partial charge in [-0.3, -0.25) is 4.79 Å². The second-order valence-electron chi connectivity index (χ2n) is 5.87. The molecule has 0 unspecified atom stereocenters. The van der Waals surface area contributed by atoms with Gasteiger partial charge < -0.3 is 10.4 Å². The number of hydrogen-bond acceptors (Lipinski definition) is 5. The Bertz CT molecular complexity index is 679. The molecule has 1 aliphatic rings. The largest absolute Gasteiger partial charge is 0.508 e. The van der Waals surface area contributed by atoms with Crippen LogP contribution in [0, 0.1) is 6.92 Å². The molecule has 0 spiro atoms. The third-order valence-corrected chi connectivity index (χ3v) is 6.41. The summed E-state index contributed by atoms with van der Waals surface area (Å²) in [5.74, 6) is 0.0176. The maximum Gasteiger partial charge on any atom is 0.251 e. The number of thiazole rings is 1. The highest BCUT2D eigenvalue weighted by atomic mass is 32.2. The van der Waals surface area contributed by atoms with Gasteiger partial charge in [0, 0.05) is 27.9 Å². The van der Waals surface area contributed by atoms with Crippen molar-refractivity contribution >= 4 is 29.0 Å². The summed E-state index contributed by atoms with van der Waals surface area (Å²) in [6.07, 6.45) is 4.17. The fourth-order valence-corrected chi connectivity index (χ4v) is 5.06. The van der Waals surface area contributed by atoms with Gasteiger partial charge in [0.2, 0.25) is 0 Å². The number of rotatable bonds is 4. The summed E-state index contributed by atoms with van der Waals surface area (Å²) >= 11 is 3.58. The Morgan fingerprint density at radius 1 is 1.35 bits per heavy atom. The molecule has 1 aliphatic carbocycles. The SMILES string of the molecule is Cc1csc(SC2CCC(NC(=O)c3cccc(O)c3)CC2)n1. The molecule has 0 bridgehead atoms. The molecule has 23 heavy (non-hydrogen) atoms. The number of aromatic nitrogens is 1. The van der Waals surface area contributed by atoms with Crippen LogP contribution in [0.4, 0.5) is 0 Å². The monoisotopic (exact) mass is 348 g/mol. The van der Waals surface area contributed by atoms with Crippen molar-refractivity contribution in [2.75, 3.05) is 0 Å². The molecule has 1 saturated carbocycles. The van der Waals surface area contributed by atoms with Crippen LogP contribution < -0.4 is 5.32 Å². The molecule has 1 aromatic heterocycles. The van der Waals surface area contributed by atoms with Gasteiger partial charge in [-0.05, 0) is 50.8 Å². The quantitative estimate of drug-likeness (QED) is 0.877. The lowest BCUT2D eigenvalue weighted by molar-refractivity contribution is 0.0927. The summed E-state index contributed by atoms with van der Waals surface area (Å²) in [6.45, 7) is 2.02.